The monoisotopic (exact) mass is 273 g/mol. The smallest absolute Gasteiger partial charge is 0.255 e. The number of hydrogen-bond acceptors (Lipinski definition) is 3. The normalized spacial score (nSPS) is 27.1. The fraction of sp³-hybridized carbons (Fsp3) is 0.923. The zero-order valence-electron chi connectivity index (χ0n) is 13.1. The Hall–Kier alpha value is -0.180. The Morgan fingerprint density at radius 2 is 1.72 bits per heavy atom. The topological polar surface area (TPSA) is 33.6 Å². The van der Waals surface area contributed by atoms with Crippen molar-refractivity contribution >= 4 is 13.6 Å². The van der Waals surface area contributed by atoms with Crippen molar-refractivity contribution in [3.8, 4) is 0 Å². The number of nitrogens with one attached hydrogen (secondary N) is 1. The second-order valence-electron chi connectivity index (χ2n) is 5.98. The third-order valence-electron chi connectivity index (χ3n) is 3.98. The molecule has 1 saturated heterocycles. The van der Waals surface area contributed by atoms with Crippen LogP contribution in [0.4, 0.5) is 0 Å². The van der Waals surface area contributed by atoms with Gasteiger partial charge in [-0.05, 0) is 34.6 Å². The van der Waals surface area contributed by atoms with Gasteiger partial charge in [0.25, 0.3) is 7.71 Å². The molecule has 0 aliphatic carbocycles. The van der Waals surface area contributed by atoms with E-state index in [0.29, 0.717) is 0 Å². The van der Waals surface area contributed by atoms with Gasteiger partial charge in [-0.15, -0.1) is 9.34 Å². The van der Waals surface area contributed by atoms with Crippen LogP contribution in [0.2, 0.25) is 0 Å². The molecule has 1 aliphatic heterocycles. The summed E-state index contributed by atoms with van der Waals surface area (Å²) in [5.74, 6) is 0.795. The van der Waals surface area contributed by atoms with E-state index >= 15 is 0 Å². The number of nitrogens with zero attached hydrogens (tertiary/aromatic N) is 3. The Bertz CT molecular complexity index is 309. The van der Waals surface area contributed by atoms with Crippen molar-refractivity contribution in [3.05, 3.63) is 0 Å². The van der Waals surface area contributed by atoms with E-state index in [1.807, 2.05) is 0 Å². The lowest BCUT2D eigenvalue weighted by atomic mass is 10.3. The summed E-state index contributed by atoms with van der Waals surface area (Å²) in [6.07, 6.45) is 0.867. The molecule has 1 N–H and O–H groups in total. The van der Waals surface area contributed by atoms with Crippen molar-refractivity contribution < 1.29 is 0 Å². The van der Waals surface area contributed by atoms with Crippen LogP contribution >= 0.6 is 7.71 Å². The van der Waals surface area contributed by atoms with Gasteiger partial charge in [-0.25, -0.2) is 4.67 Å². The summed E-state index contributed by atoms with van der Waals surface area (Å²) >= 11 is 0. The van der Waals surface area contributed by atoms with Crippen molar-refractivity contribution in [2.24, 2.45) is 0 Å². The second kappa shape index (κ2) is 5.44. The summed E-state index contributed by atoms with van der Waals surface area (Å²) < 4.78 is 7.39. The van der Waals surface area contributed by atoms with Crippen LogP contribution in [0.15, 0.2) is 0 Å². The van der Waals surface area contributed by atoms with Crippen molar-refractivity contribution in [2.75, 3.05) is 33.7 Å². The van der Waals surface area contributed by atoms with Gasteiger partial charge in [0.2, 0.25) is 0 Å². The van der Waals surface area contributed by atoms with Gasteiger partial charge in [-0.2, -0.15) is 0 Å². The van der Waals surface area contributed by atoms with Crippen molar-refractivity contribution in [2.45, 2.75) is 46.2 Å². The Labute approximate surface area is 113 Å². The Balaban J connectivity index is 3.37. The molecule has 5 heteroatoms. The molecule has 0 saturated carbocycles. The summed E-state index contributed by atoms with van der Waals surface area (Å²) in [7, 11) is 2.71. The minimum atomic E-state index is -1.65. The van der Waals surface area contributed by atoms with E-state index in [9.17, 15) is 0 Å². The first-order valence-corrected chi connectivity index (χ1v) is 8.56. The summed E-state index contributed by atoms with van der Waals surface area (Å²) in [5, 5.41) is 8.43. The summed E-state index contributed by atoms with van der Waals surface area (Å²) in [5.41, 5.74) is 0. The van der Waals surface area contributed by atoms with Crippen LogP contribution in [-0.4, -0.2) is 58.7 Å². The Morgan fingerprint density at radius 3 is 2.11 bits per heavy atom. The third kappa shape index (κ3) is 2.19. The van der Waals surface area contributed by atoms with Crippen LogP contribution in [-0.2, 0) is 0 Å². The van der Waals surface area contributed by atoms with Gasteiger partial charge in [0.1, 0.15) is 11.0 Å². The van der Waals surface area contributed by atoms with Gasteiger partial charge in [-0.1, -0.05) is 0 Å². The molecule has 1 aliphatic rings. The Kier molecular flexibility index (Phi) is 4.80. The highest BCUT2D eigenvalue weighted by Gasteiger charge is 2.63. The highest BCUT2D eigenvalue weighted by Crippen LogP contribution is 2.75. The largest absolute Gasteiger partial charge is 0.286 e. The lowest BCUT2D eigenvalue weighted by Gasteiger charge is -2.54. The quantitative estimate of drug-likeness (QED) is 0.802. The Morgan fingerprint density at radius 1 is 1.22 bits per heavy atom. The van der Waals surface area contributed by atoms with Crippen LogP contribution in [0.5, 0.6) is 0 Å². The molecule has 106 valence electrons. The van der Waals surface area contributed by atoms with E-state index in [2.05, 4.69) is 62.7 Å². The van der Waals surface area contributed by atoms with Crippen LogP contribution in [0.3, 0.4) is 0 Å². The molecule has 0 bridgehead atoms. The predicted molar refractivity (Wildman–Crippen MR) is 82.3 cm³/mol. The molecule has 1 heterocycles. The van der Waals surface area contributed by atoms with Gasteiger partial charge in [-0.3, -0.25) is 5.41 Å². The van der Waals surface area contributed by atoms with Gasteiger partial charge >= 0.3 is 0 Å². The molecule has 1 rings (SSSR count). The highest BCUT2D eigenvalue weighted by atomic mass is 31.2. The van der Waals surface area contributed by atoms with Gasteiger partial charge in [0.05, 0.1) is 0 Å². The summed E-state index contributed by atoms with van der Waals surface area (Å²) in [6.45, 7) is 14.5. The average molecular weight is 273 g/mol. The molecule has 0 spiro atoms. The molecule has 0 amide bonds. The predicted octanol–water partition coefficient (Wildman–Crippen LogP) is 3.13. The van der Waals surface area contributed by atoms with E-state index in [-0.39, 0.29) is 5.16 Å². The standard InChI is InChI=1S/C13H30N4P/c1-8-17(9-2)18(13(3,4)5)15(6)11-10-12(14)16(18)7/h14H,8-11H2,1-7H3/q+1. The molecule has 0 aromatic rings. The lowest BCUT2D eigenvalue weighted by Crippen LogP contribution is -2.55. The first kappa shape index (κ1) is 15.9. The molecule has 1 atom stereocenters. The molecule has 1 unspecified atom stereocenters. The minimum absolute atomic E-state index is 0.162. The molecule has 0 aromatic heterocycles. The van der Waals surface area contributed by atoms with Gasteiger partial charge in [0, 0.05) is 40.2 Å². The van der Waals surface area contributed by atoms with Crippen LogP contribution in [0.1, 0.15) is 41.0 Å². The van der Waals surface area contributed by atoms with Crippen molar-refractivity contribution in [1.29, 1.82) is 5.41 Å². The first-order valence-electron chi connectivity index (χ1n) is 6.91. The van der Waals surface area contributed by atoms with Gasteiger partial charge in [0.15, 0.2) is 0 Å². The maximum absolute atomic E-state index is 8.26. The number of amidine groups is 1. The van der Waals surface area contributed by atoms with E-state index in [0.717, 1.165) is 31.9 Å². The van der Waals surface area contributed by atoms with E-state index in [1.165, 1.54) is 0 Å². The average Bonchev–Trinajstić information content (AvgIpc) is 2.28. The SMILES string of the molecule is CCN(CC)[P+]1(C(C)(C)C)N(C)CCC(=N)N1C. The molecule has 1 fully saturated rings. The second-order valence-corrected chi connectivity index (χ2v) is 10.3. The number of hydrogen-bond donors (Lipinski definition) is 1. The molecule has 0 aromatic carbocycles. The highest BCUT2D eigenvalue weighted by molar-refractivity contribution is 7.71. The van der Waals surface area contributed by atoms with Gasteiger partial charge < -0.3 is 0 Å². The summed E-state index contributed by atoms with van der Waals surface area (Å²) in [6, 6.07) is 0. The fourth-order valence-electron chi connectivity index (χ4n) is 3.38. The molecule has 4 nitrogen and oxygen atoms in total. The van der Waals surface area contributed by atoms with Crippen LogP contribution in [0.25, 0.3) is 0 Å². The van der Waals surface area contributed by atoms with E-state index < -0.39 is 7.71 Å². The molecular formula is C13H30N4P+. The van der Waals surface area contributed by atoms with Crippen LogP contribution < -0.4 is 0 Å². The third-order valence-corrected chi connectivity index (χ3v) is 9.37. The lowest BCUT2D eigenvalue weighted by molar-refractivity contribution is 0.349. The molecule has 0 radical (unpaired) electrons. The molecule has 18 heavy (non-hydrogen) atoms. The van der Waals surface area contributed by atoms with E-state index in [4.69, 9.17) is 5.41 Å². The van der Waals surface area contributed by atoms with Crippen molar-refractivity contribution in [3.63, 3.8) is 0 Å². The van der Waals surface area contributed by atoms with E-state index in [1.54, 1.807) is 0 Å². The summed E-state index contributed by atoms with van der Waals surface area (Å²) in [4.78, 5) is 0. The number of rotatable bonds is 3. The zero-order valence-corrected chi connectivity index (χ0v) is 14.0. The van der Waals surface area contributed by atoms with Crippen LogP contribution in [0, 0.1) is 5.41 Å². The maximum Gasteiger partial charge on any atom is 0.255 e. The zero-order chi connectivity index (χ0) is 14.1. The maximum atomic E-state index is 8.26. The molecular weight excluding hydrogens is 243 g/mol. The minimum Gasteiger partial charge on any atom is -0.286 e. The first-order chi connectivity index (χ1) is 8.23. The van der Waals surface area contributed by atoms with Crippen molar-refractivity contribution in [1.82, 2.24) is 14.0 Å². The fourth-order valence-corrected chi connectivity index (χ4v) is 9.02.